The molecular formula is C35H29ClN6O3. The molecule has 1 atom stereocenters. The van der Waals surface area contributed by atoms with Crippen LogP contribution in [-0.4, -0.2) is 44.6 Å². The average molecular weight is 617 g/mol. The first-order chi connectivity index (χ1) is 22.1. The molecule has 1 fully saturated rings. The summed E-state index contributed by atoms with van der Waals surface area (Å²) in [7, 11) is 0. The Labute approximate surface area is 264 Å². The topological polar surface area (TPSA) is 103 Å². The third-order valence-electron chi connectivity index (χ3n) is 7.49. The van der Waals surface area contributed by atoms with E-state index in [9.17, 15) is 4.79 Å². The van der Waals surface area contributed by atoms with Crippen LogP contribution in [-0.2, 0) is 4.74 Å². The van der Waals surface area contributed by atoms with Crippen molar-refractivity contribution in [1.82, 2.24) is 19.4 Å². The number of amides is 1. The molecule has 1 unspecified atom stereocenters. The first-order valence-corrected chi connectivity index (χ1v) is 15.1. The first-order valence-electron chi connectivity index (χ1n) is 14.7. The van der Waals surface area contributed by atoms with Gasteiger partial charge in [-0.05, 0) is 67.4 Å². The molecular weight excluding hydrogens is 588 g/mol. The number of rotatable bonds is 9. The van der Waals surface area contributed by atoms with Crippen molar-refractivity contribution >= 4 is 40.5 Å². The molecule has 0 saturated carbocycles. The monoisotopic (exact) mass is 616 g/mol. The summed E-state index contributed by atoms with van der Waals surface area (Å²) in [4.78, 5) is 27.3. The zero-order valence-corrected chi connectivity index (χ0v) is 24.9. The Kier molecular flexibility index (Phi) is 8.09. The van der Waals surface area contributed by atoms with E-state index in [1.165, 1.54) is 0 Å². The quantitative estimate of drug-likeness (QED) is 0.172. The zero-order chi connectivity index (χ0) is 30.6. The lowest BCUT2D eigenvalue weighted by Crippen LogP contribution is -2.16. The first kappa shape index (κ1) is 28.5. The molecule has 45 heavy (non-hydrogen) atoms. The molecule has 1 saturated heterocycles. The fraction of sp³-hybridized carbons (Fsp3) is 0.143. The Morgan fingerprint density at radius 3 is 2.71 bits per heavy atom. The lowest BCUT2D eigenvalue weighted by Gasteiger charge is -2.13. The molecule has 0 aliphatic carbocycles. The van der Waals surface area contributed by atoms with Crippen molar-refractivity contribution in [3.8, 4) is 28.4 Å². The summed E-state index contributed by atoms with van der Waals surface area (Å²) < 4.78 is 13.7. The number of fused-ring (bicyclic) bond motifs is 1. The van der Waals surface area contributed by atoms with Gasteiger partial charge in [0.1, 0.15) is 18.0 Å². The van der Waals surface area contributed by atoms with Crippen LogP contribution >= 0.6 is 11.6 Å². The molecule has 1 aliphatic heterocycles. The summed E-state index contributed by atoms with van der Waals surface area (Å²) in [5.41, 5.74) is 5.58. The van der Waals surface area contributed by atoms with Crippen molar-refractivity contribution in [3.05, 3.63) is 120 Å². The number of nitrogens with zero attached hydrogens (tertiary/aromatic N) is 4. The SMILES string of the molecule is O=C(Nc1cccc(-c2nc3ccccn3c2-c2ccnc(Nc3cccc(OCC4CCCO4)c3)n2)c1)c1ccccc1Cl. The van der Waals surface area contributed by atoms with E-state index >= 15 is 0 Å². The van der Waals surface area contributed by atoms with Crippen molar-refractivity contribution in [1.29, 1.82) is 0 Å². The van der Waals surface area contributed by atoms with Gasteiger partial charge in [0, 0.05) is 42.0 Å². The van der Waals surface area contributed by atoms with E-state index < -0.39 is 0 Å². The smallest absolute Gasteiger partial charge is 0.257 e. The standard InChI is InChI=1S/C35H29ClN6O3/c36-29-14-2-1-13-28(29)34(43)38-24-9-5-8-23(20-24)32-33(42-18-4-3-15-31(42)41-32)30-16-17-37-35(40-30)39-25-10-6-11-26(21-25)45-22-27-12-7-19-44-27/h1-6,8-11,13-18,20-21,27H,7,12,19,22H2,(H,38,43)(H,37,39,40). The Bertz CT molecular complexity index is 1990. The van der Waals surface area contributed by atoms with Gasteiger partial charge in [-0.25, -0.2) is 15.0 Å². The third-order valence-corrected chi connectivity index (χ3v) is 7.82. The number of carbonyl (C=O) groups excluding carboxylic acids is 1. The second kappa shape index (κ2) is 12.8. The number of aromatic nitrogens is 4. The maximum atomic E-state index is 13.0. The highest BCUT2D eigenvalue weighted by Gasteiger charge is 2.19. The van der Waals surface area contributed by atoms with Crippen LogP contribution in [0.25, 0.3) is 28.3 Å². The normalized spacial score (nSPS) is 14.4. The molecule has 4 heterocycles. The number of hydrogen-bond acceptors (Lipinski definition) is 7. The minimum atomic E-state index is -0.291. The molecule has 3 aromatic heterocycles. The minimum absolute atomic E-state index is 0.139. The number of carbonyl (C=O) groups is 1. The molecule has 9 nitrogen and oxygen atoms in total. The molecule has 2 N–H and O–H groups in total. The van der Waals surface area contributed by atoms with Crippen molar-refractivity contribution in [2.75, 3.05) is 23.8 Å². The number of anilines is 3. The van der Waals surface area contributed by atoms with Crippen LogP contribution in [0.4, 0.5) is 17.3 Å². The van der Waals surface area contributed by atoms with Crippen molar-refractivity contribution in [3.63, 3.8) is 0 Å². The highest BCUT2D eigenvalue weighted by atomic mass is 35.5. The number of nitrogens with one attached hydrogen (secondary N) is 2. The predicted octanol–water partition coefficient (Wildman–Crippen LogP) is 7.67. The number of benzene rings is 3. The fourth-order valence-electron chi connectivity index (χ4n) is 5.34. The van der Waals surface area contributed by atoms with Crippen LogP contribution < -0.4 is 15.4 Å². The minimum Gasteiger partial charge on any atom is -0.491 e. The number of imidazole rings is 1. The van der Waals surface area contributed by atoms with Crippen LogP contribution in [0.1, 0.15) is 23.2 Å². The van der Waals surface area contributed by atoms with E-state index in [4.69, 9.17) is 31.0 Å². The largest absolute Gasteiger partial charge is 0.491 e. The summed E-state index contributed by atoms with van der Waals surface area (Å²) >= 11 is 6.25. The van der Waals surface area contributed by atoms with Gasteiger partial charge in [0.05, 0.1) is 33.8 Å². The Morgan fingerprint density at radius 2 is 1.82 bits per heavy atom. The summed E-state index contributed by atoms with van der Waals surface area (Å²) in [5, 5.41) is 6.66. The highest BCUT2D eigenvalue weighted by molar-refractivity contribution is 6.34. The Hall–Kier alpha value is -5.25. The second-order valence-electron chi connectivity index (χ2n) is 10.6. The molecule has 224 valence electrons. The van der Waals surface area contributed by atoms with Gasteiger partial charge in [-0.2, -0.15) is 0 Å². The van der Waals surface area contributed by atoms with Gasteiger partial charge in [-0.1, -0.05) is 48.0 Å². The highest BCUT2D eigenvalue weighted by Crippen LogP contribution is 2.34. The number of ether oxygens (including phenoxy) is 2. The summed E-state index contributed by atoms with van der Waals surface area (Å²) in [5.74, 6) is 0.888. The van der Waals surface area contributed by atoms with Gasteiger partial charge < -0.3 is 20.1 Å². The van der Waals surface area contributed by atoms with Crippen molar-refractivity contribution < 1.29 is 14.3 Å². The predicted molar refractivity (Wildman–Crippen MR) is 175 cm³/mol. The van der Waals surface area contributed by atoms with E-state index in [0.717, 1.165) is 47.8 Å². The maximum Gasteiger partial charge on any atom is 0.257 e. The second-order valence-corrected chi connectivity index (χ2v) is 11.0. The Morgan fingerprint density at radius 1 is 0.956 bits per heavy atom. The van der Waals surface area contributed by atoms with Crippen molar-refractivity contribution in [2.45, 2.75) is 18.9 Å². The number of halogens is 1. The molecule has 1 aliphatic rings. The van der Waals surface area contributed by atoms with Gasteiger partial charge in [-0.3, -0.25) is 9.20 Å². The zero-order valence-electron chi connectivity index (χ0n) is 24.2. The molecule has 6 aromatic rings. The molecule has 1 amide bonds. The van der Waals surface area contributed by atoms with E-state index in [1.807, 2.05) is 83.4 Å². The van der Waals surface area contributed by atoms with Crippen LogP contribution in [0.15, 0.2) is 109 Å². The van der Waals surface area contributed by atoms with Gasteiger partial charge in [-0.15, -0.1) is 0 Å². The molecule has 0 radical (unpaired) electrons. The molecule has 3 aromatic carbocycles. The van der Waals surface area contributed by atoms with Crippen LogP contribution in [0.2, 0.25) is 5.02 Å². The summed E-state index contributed by atoms with van der Waals surface area (Å²) in [6, 6.07) is 29.9. The summed E-state index contributed by atoms with van der Waals surface area (Å²) in [6.07, 6.45) is 5.90. The molecule has 0 bridgehead atoms. The van der Waals surface area contributed by atoms with E-state index in [1.54, 1.807) is 30.5 Å². The molecule has 7 rings (SSSR count). The summed E-state index contributed by atoms with van der Waals surface area (Å²) in [6.45, 7) is 1.32. The van der Waals surface area contributed by atoms with Crippen LogP contribution in [0.5, 0.6) is 5.75 Å². The number of pyridine rings is 1. The lowest BCUT2D eigenvalue weighted by atomic mass is 10.1. The maximum absolute atomic E-state index is 13.0. The van der Waals surface area contributed by atoms with Gasteiger partial charge >= 0.3 is 0 Å². The fourth-order valence-corrected chi connectivity index (χ4v) is 5.56. The molecule has 10 heteroatoms. The van der Waals surface area contributed by atoms with Crippen LogP contribution in [0.3, 0.4) is 0 Å². The molecule has 0 spiro atoms. The van der Waals surface area contributed by atoms with Crippen LogP contribution in [0, 0.1) is 0 Å². The third kappa shape index (κ3) is 6.35. The van der Waals surface area contributed by atoms with Gasteiger partial charge in [0.2, 0.25) is 5.95 Å². The van der Waals surface area contributed by atoms with Gasteiger partial charge in [0.15, 0.2) is 0 Å². The Balaban J connectivity index is 1.18. The van der Waals surface area contributed by atoms with Gasteiger partial charge in [0.25, 0.3) is 5.91 Å². The van der Waals surface area contributed by atoms with Crippen molar-refractivity contribution in [2.24, 2.45) is 0 Å². The van der Waals surface area contributed by atoms with E-state index in [0.29, 0.717) is 40.2 Å². The lowest BCUT2D eigenvalue weighted by molar-refractivity contribution is 0.0680. The van der Waals surface area contributed by atoms with E-state index in [-0.39, 0.29) is 12.0 Å². The number of hydrogen-bond donors (Lipinski definition) is 2. The van der Waals surface area contributed by atoms with E-state index in [2.05, 4.69) is 15.6 Å². The average Bonchev–Trinajstić information content (AvgIpc) is 3.73.